The van der Waals surface area contributed by atoms with E-state index in [-0.39, 0.29) is 5.78 Å². The number of ketones is 1. The van der Waals surface area contributed by atoms with Gasteiger partial charge in [0.15, 0.2) is 5.78 Å². The van der Waals surface area contributed by atoms with Crippen molar-refractivity contribution in [2.45, 2.75) is 65.4 Å². The smallest absolute Gasteiger partial charge is 0.407 e. The van der Waals surface area contributed by atoms with Crippen LogP contribution in [-0.4, -0.2) is 42.1 Å². The second-order valence-corrected chi connectivity index (χ2v) is 7.86. The van der Waals surface area contributed by atoms with Crippen molar-refractivity contribution in [2.24, 2.45) is 0 Å². The van der Waals surface area contributed by atoms with Crippen molar-refractivity contribution in [3.63, 3.8) is 0 Å². The fourth-order valence-electron chi connectivity index (χ4n) is 3.02. The van der Waals surface area contributed by atoms with Crippen LogP contribution in [0, 0.1) is 6.92 Å². The molecule has 0 aromatic carbocycles. The molecule has 0 saturated carbocycles. The summed E-state index contributed by atoms with van der Waals surface area (Å²) in [5.74, 6) is 1.02. The summed E-state index contributed by atoms with van der Waals surface area (Å²) in [6, 6.07) is 2.01. The number of piperidine rings is 1. The van der Waals surface area contributed by atoms with Gasteiger partial charge in [0.25, 0.3) is 0 Å². The van der Waals surface area contributed by atoms with Crippen molar-refractivity contribution >= 4 is 17.7 Å². The highest BCUT2D eigenvalue weighted by molar-refractivity contribution is 5.97. The summed E-state index contributed by atoms with van der Waals surface area (Å²) in [4.78, 5) is 30.8. The number of ether oxygens (including phenoxy) is 1. The molecule has 2 rings (SSSR count). The number of nitrogens with zero attached hydrogens (tertiary/aromatic N) is 2. The Balaban J connectivity index is 1.81. The summed E-state index contributed by atoms with van der Waals surface area (Å²) in [5, 5.41) is 2.68. The lowest BCUT2D eigenvalue weighted by atomic mass is 10.0. The van der Waals surface area contributed by atoms with Gasteiger partial charge in [0.2, 0.25) is 0 Å². The first-order valence-electron chi connectivity index (χ1n) is 9.48. The number of pyridine rings is 1. The van der Waals surface area contributed by atoms with Crippen LogP contribution in [0.15, 0.2) is 12.3 Å². The number of amides is 1. The molecule has 0 atom stereocenters. The summed E-state index contributed by atoms with van der Waals surface area (Å²) >= 11 is 0. The average molecular weight is 361 g/mol. The zero-order valence-electron chi connectivity index (χ0n) is 16.4. The SMILES string of the molecule is Cc1cc(N2CCCCC2)ncc1C(=O)CCCNC(=O)OC(C)(C)C. The van der Waals surface area contributed by atoms with Crippen molar-refractivity contribution in [1.82, 2.24) is 10.3 Å². The third-order valence-electron chi connectivity index (χ3n) is 4.33. The molecule has 26 heavy (non-hydrogen) atoms. The number of Topliss-reactive ketones (excluding diaryl/α,β-unsaturated/α-hetero) is 1. The third-order valence-corrected chi connectivity index (χ3v) is 4.33. The van der Waals surface area contributed by atoms with Gasteiger partial charge in [-0.3, -0.25) is 4.79 Å². The third kappa shape index (κ3) is 6.32. The van der Waals surface area contributed by atoms with Gasteiger partial charge < -0.3 is 15.0 Å². The zero-order valence-corrected chi connectivity index (χ0v) is 16.4. The first-order chi connectivity index (χ1) is 12.3. The lowest BCUT2D eigenvalue weighted by Gasteiger charge is -2.28. The van der Waals surface area contributed by atoms with Crippen LogP contribution < -0.4 is 10.2 Å². The van der Waals surface area contributed by atoms with E-state index in [0.717, 1.165) is 24.5 Å². The molecule has 6 nitrogen and oxygen atoms in total. The van der Waals surface area contributed by atoms with Gasteiger partial charge in [-0.05, 0) is 65.0 Å². The first kappa shape index (κ1) is 20.2. The Morgan fingerprint density at radius 3 is 2.54 bits per heavy atom. The van der Waals surface area contributed by atoms with Gasteiger partial charge in [-0.25, -0.2) is 9.78 Å². The van der Waals surface area contributed by atoms with Crippen molar-refractivity contribution in [3.8, 4) is 0 Å². The Labute approximate surface area is 156 Å². The predicted molar refractivity (Wildman–Crippen MR) is 103 cm³/mol. The average Bonchev–Trinajstić information content (AvgIpc) is 2.57. The zero-order chi connectivity index (χ0) is 19.2. The number of nitrogens with one attached hydrogen (secondary N) is 1. The largest absolute Gasteiger partial charge is 0.444 e. The van der Waals surface area contributed by atoms with Crippen LogP contribution in [0.3, 0.4) is 0 Å². The lowest BCUT2D eigenvalue weighted by Crippen LogP contribution is -2.33. The number of hydrogen-bond donors (Lipinski definition) is 1. The molecule has 1 aromatic rings. The van der Waals surface area contributed by atoms with E-state index < -0.39 is 11.7 Å². The van der Waals surface area contributed by atoms with Gasteiger partial charge in [-0.2, -0.15) is 0 Å². The molecule has 0 spiro atoms. The first-order valence-corrected chi connectivity index (χ1v) is 9.48. The highest BCUT2D eigenvalue weighted by Gasteiger charge is 2.17. The highest BCUT2D eigenvalue weighted by Crippen LogP contribution is 2.21. The summed E-state index contributed by atoms with van der Waals surface area (Å²) in [7, 11) is 0. The van der Waals surface area contributed by atoms with Crippen LogP contribution in [-0.2, 0) is 4.74 Å². The van der Waals surface area contributed by atoms with E-state index in [2.05, 4.69) is 15.2 Å². The lowest BCUT2D eigenvalue weighted by molar-refractivity contribution is 0.0525. The molecule has 144 valence electrons. The molecular weight excluding hydrogens is 330 g/mol. The van der Waals surface area contributed by atoms with Gasteiger partial charge in [0.1, 0.15) is 11.4 Å². The van der Waals surface area contributed by atoms with Gasteiger partial charge in [0.05, 0.1) is 0 Å². The van der Waals surface area contributed by atoms with Crippen LogP contribution in [0.2, 0.25) is 0 Å². The second kappa shape index (κ2) is 9.01. The molecule has 0 unspecified atom stereocenters. The minimum absolute atomic E-state index is 0.0613. The van der Waals surface area contributed by atoms with E-state index in [0.29, 0.717) is 24.9 Å². The maximum absolute atomic E-state index is 12.4. The number of carbonyl (C=O) groups is 2. The van der Waals surface area contributed by atoms with Gasteiger partial charge in [-0.1, -0.05) is 0 Å². The topological polar surface area (TPSA) is 71.5 Å². The Kier molecular flexibility index (Phi) is 7.00. The Hall–Kier alpha value is -2.11. The highest BCUT2D eigenvalue weighted by atomic mass is 16.6. The molecule has 6 heteroatoms. The molecule has 0 radical (unpaired) electrons. The van der Waals surface area contributed by atoms with E-state index in [1.54, 1.807) is 6.20 Å². The molecule has 1 amide bonds. The van der Waals surface area contributed by atoms with E-state index in [1.165, 1.54) is 19.3 Å². The molecule has 1 aromatic heterocycles. The van der Waals surface area contributed by atoms with Crippen LogP contribution >= 0.6 is 0 Å². The molecule has 0 aliphatic carbocycles. The number of rotatable bonds is 6. The van der Waals surface area contributed by atoms with E-state index >= 15 is 0 Å². The molecule has 0 bridgehead atoms. The molecule has 1 saturated heterocycles. The van der Waals surface area contributed by atoms with Crippen LogP contribution in [0.1, 0.15) is 68.8 Å². The fourth-order valence-corrected chi connectivity index (χ4v) is 3.02. The number of aryl methyl sites for hydroxylation is 1. The summed E-state index contributed by atoms with van der Waals surface area (Å²) in [6.45, 7) is 9.91. The fraction of sp³-hybridized carbons (Fsp3) is 0.650. The number of aromatic nitrogens is 1. The summed E-state index contributed by atoms with van der Waals surface area (Å²) in [5.41, 5.74) is 1.12. The van der Waals surface area contributed by atoms with Crippen molar-refractivity contribution < 1.29 is 14.3 Å². The van der Waals surface area contributed by atoms with Crippen LogP contribution in [0.5, 0.6) is 0 Å². The second-order valence-electron chi connectivity index (χ2n) is 7.86. The van der Waals surface area contributed by atoms with Crippen LogP contribution in [0.4, 0.5) is 10.6 Å². The Morgan fingerprint density at radius 1 is 1.23 bits per heavy atom. The van der Waals surface area contributed by atoms with E-state index in [1.807, 2.05) is 33.8 Å². The summed E-state index contributed by atoms with van der Waals surface area (Å²) < 4.78 is 5.17. The van der Waals surface area contributed by atoms with Crippen LogP contribution in [0.25, 0.3) is 0 Å². The van der Waals surface area contributed by atoms with Crippen molar-refractivity contribution in [2.75, 3.05) is 24.5 Å². The molecule has 2 heterocycles. The quantitative estimate of drug-likeness (QED) is 0.615. The normalized spacial score (nSPS) is 14.8. The number of hydrogen-bond acceptors (Lipinski definition) is 5. The Morgan fingerprint density at radius 2 is 1.92 bits per heavy atom. The monoisotopic (exact) mass is 361 g/mol. The molecule has 1 N–H and O–H groups in total. The molecule has 1 aliphatic heterocycles. The molecule has 1 fully saturated rings. The van der Waals surface area contributed by atoms with Gasteiger partial charge in [0, 0.05) is 37.8 Å². The van der Waals surface area contributed by atoms with Crippen molar-refractivity contribution in [3.05, 3.63) is 23.4 Å². The standard InChI is InChI=1S/C20H31N3O3/c1-15-13-18(23-11-6-5-7-12-23)22-14-16(15)17(24)9-8-10-21-19(25)26-20(2,3)4/h13-14H,5-12H2,1-4H3,(H,21,25). The summed E-state index contributed by atoms with van der Waals surface area (Å²) in [6.07, 6.45) is 5.88. The van der Waals surface area contributed by atoms with Gasteiger partial charge >= 0.3 is 6.09 Å². The number of carbonyl (C=O) groups excluding carboxylic acids is 2. The van der Waals surface area contributed by atoms with Gasteiger partial charge in [-0.15, -0.1) is 0 Å². The Bertz CT molecular complexity index is 632. The number of alkyl carbamates (subject to hydrolysis) is 1. The van der Waals surface area contributed by atoms with Crippen molar-refractivity contribution in [1.29, 1.82) is 0 Å². The number of anilines is 1. The van der Waals surface area contributed by atoms with E-state index in [9.17, 15) is 9.59 Å². The molecular formula is C20H31N3O3. The molecule has 1 aliphatic rings. The maximum atomic E-state index is 12.4. The van der Waals surface area contributed by atoms with E-state index in [4.69, 9.17) is 4.74 Å². The minimum Gasteiger partial charge on any atom is -0.444 e. The predicted octanol–water partition coefficient (Wildman–Crippen LogP) is 3.87. The maximum Gasteiger partial charge on any atom is 0.407 e. The minimum atomic E-state index is -0.515.